The summed E-state index contributed by atoms with van der Waals surface area (Å²) in [6.45, 7) is 0. The Bertz CT molecular complexity index is 1400. The zero-order valence-corrected chi connectivity index (χ0v) is 16.2. The number of nitrogens with one attached hydrogen (secondary N) is 1. The highest BCUT2D eigenvalue weighted by Gasteiger charge is 2.37. The Labute approximate surface area is 162 Å². The molecule has 0 bridgehead atoms. The van der Waals surface area contributed by atoms with Gasteiger partial charge in [0, 0.05) is 38.5 Å². The molecule has 0 amide bonds. The zero-order chi connectivity index (χ0) is 18.0. The number of hydrogen-bond acceptors (Lipinski definition) is 1. The van der Waals surface area contributed by atoms with Gasteiger partial charge in [-0.3, -0.25) is 0 Å². The quantitative estimate of drug-likeness (QED) is 0.394. The highest BCUT2D eigenvalue weighted by Crippen LogP contribution is 2.54. The molecule has 1 nitrogen and oxygen atoms in total. The number of benzene rings is 4. The lowest BCUT2D eigenvalue weighted by Crippen LogP contribution is -2.20. The van der Waals surface area contributed by atoms with Crippen LogP contribution in [0.2, 0.25) is 0 Å². The fourth-order valence-corrected chi connectivity index (χ4v) is 8.81. The first kappa shape index (κ1) is 15.4. The predicted molar refractivity (Wildman–Crippen MR) is 121 cm³/mol. The Morgan fingerprint density at radius 1 is 0.630 bits per heavy atom. The molecule has 5 aromatic rings. The van der Waals surface area contributed by atoms with Crippen LogP contribution in [0.4, 0.5) is 0 Å². The maximum absolute atomic E-state index is 6.48. The van der Waals surface area contributed by atoms with Crippen molar-refractivity contribution in [1.82, 2.24) is 4.98 Å². The largest absolute Gasteiger partial charge is 0.354 e. The topological polar surface area (TPSA) is 15.8 Å². The maximum atomic E-state index is 6.48. The minimum absolute atomic E-state index is 1.18. The second-order valence-electron chi connectivity index (χ2n) is 7.01. The van der Waals surface area contributed by atoms with Gasteiger partial charge in [0.25, 0.3) is 0 Å². The van der Waals surface area contributed by atoms with Crippen molar-refractivity contribution in [3.63, 3.8) is 0 Å². The van der Waals surface area contributed by atoms with E-state index in [1.807, 2.05) is 0 Å². The van der Waals surface area contributed by atoms with Crippen LogP contribution in [-0.2, 0) is 11.8 Å². The Morgan fingerprint density at radius 2 is 1.37 bits per heavy atom. The van der Waals surface area contributed by atoms with Crippen LogP contribution in [0.3, 0.4) is 0 Å². The Kier molecular flexibility index (Phi) is 3.09. The monoisotopic (exact) mass is 381 g/mol. The summed E-state index contributed by atoms with van der Waals surface area (Å²) in [5.41, 5.74) is 4.98. The molecule has 2 heterocycles. The van der Waals surface area contributed by atoms with Crippen LogP contribution >= 0.6 is 6.04 Å². The molecule has 0 radical (unpaired) electrons. The van der Waals surface area contributed by atoms with Crippen molar-refractivity contribution >= 4 is 55.6 Å². The summed E-state index contributed by atoms with van der Waals surface area (Å²) in [7, 11) is 0. The molecule has 0 saturated heterocycles. The van der Waals surface area contributed by atoms with Gasteiger partial charge in [-0.15, -0.1) is 0 Å². The summed E-state index contributed by atoms with van der Waals surface area (Å²) in [5.74, 6) is 0. The van der Waals surface area contributed by atoms with Gasteiger partial charge in [0.2, 0.25) is 0 Å². The fourth-order valence-electron chi connectivity index (χ4n) is 4.45. The van der Waals surface area contributed by atoms with Crippen LogP contribution in [0.1, 0.15) is 0 Å². The van der Waals surface area contributed by atoms with Gasteiger partial charge in [-0.05, 0) is 16.9 Å². The van der Waals surface area contributed by atoms with E-state index in [-0.39, 0.29) is 0 Å². The van der Waals surface area contributed by atoms with Crippen LogP contribution in [0.5, 0.6) is 0 Å². The summed E-state index contributed by atoms with van der Waals surface area (Å²) in [4.78, 5) is 3.68. The number of fused-ring (bicyclic) bond motifs is 7. The van der Waals surface area contributed by atoms with E-state index in [4.69, 9.17) is 11.8 Å². The molecule has 1 aliphatic heterocycles. The number of aromatic nitrogens is 1. The number of hydrogen-bond donors (Lipinski definition) is 1. The van der Waals surface area contributed by atoms with Crippen molar-refractivity contribution in [2.45, 2.75) is 0 Å². The summed E-state index contributed by atoms with van der Waals surface area (Å²) in [6.07, 6.45) is 0. The van der Waals surface area contributed by atoms with Crippen LogP contribution in [0.15, 0.2) is 91.0 Å². The van der Waals surface area contributed by atoms with E-state index in [1.54, 1.807) is 0 Å². The molecule has 1 aromatic heterocycles. The Morgan fingerprint density at radius 3 is 2.26 bits per heavy atom. The molecule has 3 heteroatoms. The van der Waals surface area contributed by atoms with Gasteiger partial charge in [0.05, 0.1) is 5.52 Å². The third-order valence-electron chi connectivity index (χ3n) is 5.63. The SMILES string of the molecule is S=P1(c2ccccc2)c2ccccc2-c2c1ccc1c2[nH]c2ccccc21. The third-order valence-corrected chi connectivity index (χ3v) is 10.6. The molecule has 128 valence electrons. The van der Waals surface area contributed by atoms with Crippen LogP contribution in [-0.4, -0.2) is 4.98 Å². The second-order valence-corrected chi connectivity index (χ2v) is 11.4. The summed E-state index contributed by atoms with van der Waals surface area (Å²) < 4.78 is 0. The second kappa shape index (κ2) is 5.42. The molecule has 1 unspecified atom stereocenters. The molecule has 1 atom stereocenters. The van der Waals surface area contributed by atoms with Gasteiger partial charge >= 0.3 is 0 Å². The first-order valence-corrected chi connectivity index (χ1v) is 11.9. The van der Waals surface area contributed by atoms with Gasteiger partial charge < -0.3 is 4.98 Å². The average Bonchev–Trinajstić information content (AvgIpc) is 3.23. The summed E-state index contributed by atoms with van der Waals surface area (Å²) >= 11 is 6.48. The lowest BCUT2D eigenvalue weighted by Gasteiger charge is -2.19. The molecule has 0 aliphatic carbocycles. The molecular weight excluding hydrogens is 365 g/mol. The molecule has 1 N–H and O–H groups in total. The molecule has 0 saturated carbocycles. The molecule has 1 aliphatic rings. The minimum atomic E-state index is -2.04. The molecule has 0 spiro atoms. The van der Waals surface area contributed by atoms with Crippen LogP contribution < -0.4 is 15.9 Å². The van der Waals surface area contributed by atoms with E-state index >= 15 is 0 Å². The van der Waals surface area contributed by atoms with Crippen molar-refractivity contribution < 1.29 is 0 Å². The molecule has 0 fully saturated rings. The minimum Gasteiger partial charge on any atom is -0.354 e. The van der Waals surface area contributed by atoms with Gasteiger partial charge in [0.15, 0.2) is 0 Å². The van der Waals surface area contributed by atoms with E-state index < -0.39 is 6.04 Å². The lowest BCUT2D eigenvalue weighted by molar-refractivity contribution is 1.55. The van der Waals surface area contributed by atoms with Crippen molar-refractivity contribution in [2.24, 2.45) is 0 Å². The number of H-pyrrole nitrogens is 1. The van der Waals surface area contributed by atoms with Crippen molar-refractivity contribution in [2.75, 3.05) is 0 Å². The van der Waals surface area contributed by atoms with E-state index in [0.717, 1.165) is 0 Å². The predicted octanol–water partition coefficient (Wildman–Crippen LogP) is 5.06. The Hall–Kier alpha value is -2.67. The highest BCUT2D eigenvalue weighted by atomic mass is 32.4. The van der Waals surface area contributed by atoms with Gasteiger partial charge in [-0.2, -0.15) is 0 Å². The van der Waals surface area contributed by atoms with Gasteiger partial charge in [-0.1, -0.05) is 96.7 Å². The number of aromatic amines is 1. The van der Waals surface area contributed by atoms with E-state index in [0.29, 0.717) is 0 Å². The third kappa shape index (κ3) is 1.92. The maximum Gasteiger partial charge on any atom is 0.0551 e. The van der Waals surface area contributed by atoms with Crippen LogP contribution in [0, 0.1) is 0 Å². The van der Waals surface area contributed by atoms with Crippen molar-refractivity contribution in [3.05, 3.63) is 91.0 Å². The lowest BCUT2D eigenvalue weighted by atomic mass is 10.0. The van der Waals surface area contributed by atoms with Crippen molar-refractivity contribution in [3.8, 4) is 11.1 Å². The fraction of sp³-hybridized carbons (Fsp3) is 0. The summed E-state index contributed by atoms with van der Waals surface area (Å²) in [5, 5.41) is 6.43. The normalized spacial score (nSPS) is 17.9. The zero-order valence-electron chi connectivity index (χ0n) is 14.5. The summed E-state index contributed by atoms with van der Waals surface area (Å²) in [6, 6.07) is 30.4. The van der Waals surface area contributed by atoms with Crippen LogP contribution in [0.25, 0.3) is 32.9 Å². The Balaban J connectivity index is 1.81. The number of rotatable bonds is 1. The first-order valence-electron chi connectivity index (χ1n) is 9.08. The highest BCUT2D eigenvalue weighted by molar-refractivity contribution is 8.26. The smallest absolute Gasteiger partial charge is 0.0551 e. The average molecular weight is 381 g/mol. The molecule has 4 aromatic carbocycles. The number of para-hydroxylation sites is 1. The van der Waals surface area contributed by atoms with Gasteiger partial charge in [-0.25, -0.2) is 0 Å². The van der Waals surface area contributed by atoms with Crippen molar-refractivity contribution in [1.29, 1.82) is 0 Å². The molecule has 6 rings (SSSR count). The molecular formula is C24H16NPS. The standard InChI is InChI=1S/C24H16NPS/c27-26(16-8-2-1-3-9-16)21-13-7-5-11-19(21)23-22(26)15-14-18-17-10-4-6-12-20(17)25-24(18)23/h1-15,25H. The van der Waals surface area contributed by atoms with E-state index in [1.165, 1.54) is 48.8 Å². The first-order chi connectivity index (χ1) is 13.3. The van der Waals surface area contributed by atoms with E-state index in [9.17, 15) is 0 Å². The van der Waals surface area contributed by atoms with E-state index in [2.05, 4.69) is 96.0 Å². The molecule has 27 heavy (non-hydrogen) atoms. The van der Waals surface area contributed by atoms with Gasteiger partial charge in [0.1, 0.15) is 0 Å².